The summed E-state index contributed by atoms with van der Waals surface area (Å²) >= 11 is 4.03. The molecule has 1 aromatic rings. The van der Waals surface area contributed by atoms with Crippen LogP contribution in [0.1, 0.15) is 29.4 Å². The topological polar surface area (TPSA) is 50.4 Å². The average Bonchev–Trinajstić information content (AvgIpc) is 2.62. The quantitative estimate of drug-likeness (QED) is 0.811. The Hall–Kier alpha value is -0.560. The molecule has 2 aliphatic rings. The summed E-state index contributed by atoms with van der Waals surface area (Å²) in [7, 11) is 0. The molecule has 0 radical (unpaired) electrons. The zero-order chi connectivity index (χ0) is 15.9. The van der Waals surface area contributed by atoms with Crippen molar-refractivity contribution >= 4 is 41.8 Å². The molecule has 4 nitrogen and oxygen atoms in total. The van der Waals surface area contributed by atoms with Gasteiger partial charge in [0.25, 0.3) is 5.91 Å². The van der Waals surface area contributed by atoms with Crippen molar-refractivity contribution in [1.82, 2.24) is 10.6 Å². The molecule has 0 saturated carbocycles. The molecule has 1 amide bonds. The van der Waals surface area contributed by atoms with Crippen molar-refractivity contribution in [2.24, 2.45) is 0 Å². The third-order valence-electron chi connectivity index (χ3n) is 4.05. The van der Waals surface area contributed by atoms with E-state index >= 15 is 0 Å². The van der Waals surface area contributed by atoms with Gasteiger partial charge < -0.3 is 15.4 Å². The van der Waals surface area contributed by atoms with Gasteiger partial charge in [-0.05, 0) is 61.6 Å². The molecular formula is C17H25ClN2O2S2. The van der Waals surface area contributed by atoms with Gasteiger partial charge in [0.15, 0.2) is 6.61 Å². The van der Waals surface area contributed by atoms with Gasteiger partial charge in [-0.2, -0.15) is 0 Å². The van der Waals surface area contributed by atoms with E-state index in [9.17, 15) is 4.79 Å². The third kappa shape index (κ3) is 6.06. The van der Waals surface area contributed by atoms with E-state index in [0.29, 0.717) is 4.58 Å². The predicted octanol–water partition coefficient (Wildman–Crippen LogP) is 3.22. The number of ether oxygens (including phenoxy) is 1. The summed E-state index contributed by atoms with van der Waals surface area (Å²) in [6.45, 7) is 2.05. The Morgan fingerprint density at radius 1 is 1.17 bits per heavy atom. The highest BCUT2D eigenvalue weighted by molar-refractivity contribution is 8.16. The third-order valence-corrected chi connectivity index (χ3v) is 7.07. The smallest absolute Gasteiger partial charge is 0.258 e. The van der Waals surface area contributed by atoms with Crippen LogP contribution in [0.5, 0.6) is 5.75 Å². The number of rotatable bonds is 5. The van der Waals surface area contributed by atoms with Crippen molar-refractivity contribution in [2.45, 2.75) is 29.9 Å². The van der Waals surface area contributed by atoms with Crippen LogP contribution in [-0.4, -0.2) is 43.2 Å². The largest absolute Gasteiger partial charge is 0.484 e. The minimum atomic E-state index is -0.0284. The molecular weight excluding hydrogens is 364 g/mol. The first-order chi connectivity index (χ1) is 11.3. The van der Waals surface area contributed by atoms with Crippen molar-refractivity contribution in [3.05, 3.63) is 29.8 Å². The van der Waals surface area contributed by atoms with Gasteiger partial charge in [-0.25, -0.2) is 0 Å². The molecule has 2 aliphatic heterocycles. The van der Waals surface area contributed by atoms with Crippen LogP contribution in [0.25, 0.3) is 0 Å². The summed E-state index contributed by atoms with van der Waals surface area (Å²) in [5.74, 6) is 3.22. The Balaban J connectivity index is 0.00000208. The Morgan fingerprint density at radius 2 is 1.83 bits per heavy atom. The summed E-state index contributed by atoms with van der Waals surface area (Å²) in [5, 5.41) is 6.33. The van der Waals surface area contributed by atoms with Gasteiger partial charge in [0.2, 0.25) is 0 Å². The van der Waals surface area contributed by atoms with E-state index in [4.69, 9.17) is 4.74 Å². The zero-order valence-corrected chi connectivity index (χ0v) is 16.1. The lowest BCUT2D eigenvalue weighted by Gasteiger charge is -2.23. The second-order valence-corrected chi connectivity index (χ2v) is 8.60. The number of nitrogens with one attached hydrogen (secondary N) is 2. The van der Waals surface area contributed by atoms with Crippen LogP contribution < -0.4 is 15.4 Å². The van der Waals surface area contributed by atoms with Gasteiger partial charge in [-0.1, -0.05) is 12.1 Å². The van der Waals surface area contributed by atoms with Gasteiger partial charge >= 0.3 is 0 Å². The van der Waals surface area contributed by atoms with Crippen LogP contribution in [0.3, 0.4) is 0 Å². The number of piperidine rings is 1. The highest BCUT2D eigenvalue weighted by atomic mass is 35.5. The Kier molecular flexibility index (Phi) is 8.59. The lowest BCUT2D eigenvalue weighted by molar-refractivity contribution is -0.123. The van der Waals surface area contributed by atoms with Gasteiger partial charge in [-0.15, -0.1) is 35.9 Å². The monoisotopic (exact) mass is 388 g/mol. The molecule has 0 spiro atoms. The van der Waals surface area contributed by atoms with Gasteiger partial charge in [-0.3, -0.25) is 4.79 Å². The zero-order valence-electron chi connectivity index (χ0n) is 13.7. The summed E-state index contributed by atoms with van der Waals surface area (Å²) < 4.78 is 6.15. The van der Waals surface area contributed by atoms with E-state index in [-0.39, 0.29) is 31.0 Å². The Morgan fingerprint density at radius 3 is 2.50 bits per heavy atom. The molecule has 3 rings (SSSR count). The summed E-state index contributed by atoms with van der Waals surface area (Å²) in [5.41, 5.74) is 1.34. The normalized spacial score (nSPS) is 19.3. The van der Waals surface area contributed by atoms with E-state index in [1.807, 2.05) is 35.7 Å². The van der Waals surface area contributed by atoms with Crippen molar-refractivity contribution < 1.29 is 9.53 Å². The fraction of sp³-hybridized carbons (Fsp3) is 0.588. The first-order valence-electron chi connectivity index (χ1n) is 8.27. The molecule has 2 saturated heterocycles. The molecule has 0 aromatic heterocycles. The van der Waals surface area contributed by atoms with E-state index in [1.54, 1.807) is 0 Å². The lowest BCUT2D eigenvalue weighted by Crippen LogP contribution is -2.44. The highest BCUT2D eigenvalue weighted by Crippen LogP contribution is 2.43. The molecule has 2 N–H and O–H groups in total. The maximum absolute atomic E-state index is 11.9. The molecule has 0 bridgehead atoms. The molecule has 134 valence electrons. The van der Waals surface area contributed by atoms with Crippen LogP contribution in [0, 0.1) is 0 Å². The van der Waals surface area contributed by atoms with Crippen molar-refractivity contribution in [3.63, 3.8) is 0 Å². The van der Waals surface area contributed by atoms with E-state index in [2.05, 4.69) is 22.8 Å². The maximum atomic E-state index is 11.9. The minimum Gasteiger partial charge on any atom is -0.484 e. The summed E-state index contributed by atoms with van der Waals surface area (Å²) in [4.78, 5) is 11.9. The number of hydrogen-bond donors (Lipinski definition) is 2. The van der Waals surface area contributed by atoms with Crippen LogP contribution in [0.2, 0.25) is 0 Å². The average molecular weight is 389 g/mol. The van der Waals surface area contributed by atoms with Crippen molar-refractivity contribution in [2.75, 3.05) is 31.2 Å². The number of amides is 1. The highest BCUT2D eigenvalue weighted by Gasteiger charge is 2.17. The standard InChI is InChI=1S/C17H24N2O2S2.ClH/c20-16(19-14-6-8-18-9-7-14)12-21-15-4-2-13(3-5-15)17-22-10-1-11-23-17;/h2-5,14,17-18H,1,6-12H2,(H,19,20);1H. The van der Waals surface area contributed by atoms with Crippen molar-refractivity contribution in [3.8, 4) is 5.75 Å². The molecule has 1 aromatic carbocycles. The molecule has 0 atom stereocenters. The van der Waals surface area contributed by atoms with E-state index < -0.39 is 0 Å². The predicted molar refractivity (Wildman–Crippen MR) is 105 cm³/mol. The molecule has 24 heavy (non-hydrogen) atoms. The first-order valence-corrected chi connectivity index (χ1v) is 10.4. The SMILES string of the molecule is Cl.O=C(COc1ccc(C2SCCCS2)cc1)NC1CCNCC1. The molecule has 0 aliphatic carbocycles. The first kappa shape index (κ1) is 19.8. The number of halogens is 1. The van der Waals surface area contributed by atoms with Crippen LogP contribution in [0.15, 0.2) is 24.3 Å². The van der Waals surface area contributed by atoms with E-state index in [1.165, 1.54) is 23.5 Å². The Labute approximate surface area is 158 Å². The van der Waals surface area contributed by atoms with Gasteiger partial charge in [0.1, 0.15) is 5.75 Å². The number of thioether (sulfide) groups is 2. The lowest BCUT2D eigenvalue weighted by atomic mass is 10.1. The van der Waals surface area contributed by atoms with Crippen LogP contribution in [-0.2, 0) is 4.79 Å². The van der Waals surface area contributed by atoms with Crippen molar-refractivity contribution in [1.29, 1.82) is 0 Å². The number of carbonyl (C=O) groups excluding carboxylic acids is 1. The van der Waals surface area contributed by atoms with Gasteiger partial charge in [0, 0.05) is 6.04 Å². The fourth-order valence-electron chi connectivity index (χ4n) is 2.79. The summed E-state index contributed by atoms with van der Waals surface area (Å²) in [6.07, 6.45) is 3.30. The van der Waals surface area contributed by atoms with E-state index in [0.717, 1.165) is 31.7 Å². The number of carbonyl (C=O) groups is 1. The fourth-order valence-corrected chi connectivity index (χ4v) is 5.68. The van der Waals surface area contributed by atoms with Crippen LogP contribution in [0.4, 0.5) is 0 Å². The number of benzene rings is 1. The van der Waals surface area contributed by atoms with Crippen LogP contribution >= 0.6 is 35.9 Å². The molecule has 2 fully saturated rings. The maximum Gasteiger partial charge on any atom is 0.258 e. The summed E-state index contributed by atoms with van der Waals surface area (Å²) in [6, 6.07) is 8.48. The second kappa shape index (κ2) is 10.4. The molecule has 2 heterocycles. The minimum absolute atomic E-state index is 0. The molecule has 7 heteroatoms. The second-order valence-electron chi connectivity index (χ2n) is 5.88. The number of hydrogen-bond acceptors (Lipinski definition) is 5. The Bertz CT molecular complexity index is 504. The molecule has 0 unspecified atom stereocenters. The van der Waals surface area contributed by atoms with Gasteiger partial charge in [0.05, 0.1) is 4.58 Å².